The number of carbonyl (C=O) groups is 10. The maximum absolute atomic E-state index is 15.0. The lowest BCUT2D eigenvalue weighted by molar-refractivity contribution is -0.149. The van der Waals surface area contributed by atoms with Crippen LogP contribution in [0, 0.1) is 5.92 Å². The van der Waals surface area contributed by atoms with Gasteiger partial charge in [-0.3, -0.25) is 48.2 Å². The third-order valence-corrected chi connectivity index (χ3v) is 18.9. The topological polar surface area (TPSA) is 508 Å². The molecule has 7 amide bonds. The number of carbonyl (C=O) groups excluding carboxylic acids is 8. The lowest BCUT2D eigenvalue weighted by Crippen LogP contribution is -2.60. The quantitative estimate of drug-likeness (QED) is 0.0185. The van der Waals surface area contributed by atoms with Gasteiger partial charge in [0, 0.05) is 43.5 Å². The summed E-state index contributed by atoms with van der Waals surface area (Å²) in [5, 5.41) is 33.0. The van der Waals surface area contributed by atoms with Crippen molar-refractivity contribution in [2.24, 2.45) is 56.8 Å². The van der Waals surface area contributed by atoms with E-state index in [4.69, 9.17) is 50.6 Å². The van der Waals surface area contributed by atoms with Gasteiger partial charge < -0.3 is 92.3 Å². The van der Waals surface area contributed by atoms with Gasteiger partial charge in [-0.05, 0) is 157 Å². The van der Waals surface area contributed by atoms with E-state index >= 15 is 4.79 Å². The molecule has 23 N–H and O–H groups in total. The molecular weight excluding hydrogens is 1250 g/mol. The van der Waals surface area contributed by atoms with Gasteiger partial charge in [0.1, 0.15) is 54.9 Å². The van der Waals surface area contributed by atoms with Gasteiger partial charge in [0.25, 0.3) is 0 Å². The van der Waals surface area contributed by atoms with Crippen molar-refractivity contribution in [2.45, 2.75) is 183 Å². The molecule has 2 aromatic rings. The van der Waals surface area contributed by atoms with E-state index in [1.165, 1.54) is 4.90 Å². The van der Waals surface area contributed by atoms with Gasteiger partial charge in [-0.2, -0.15) is 0 Å². The number of likely N-dealkylation sites (tertiary alicyclic amines) is 1. The first-order valence-corrected chi connectivity index (χ1v) is 35.0. The average Bonchev–Trinajstić information content (AvgIpc) is 1.61. The summed E-state index contributed by atoms with van der Waals surface area (Å²) in [6.07, 6.45) is 3.07. The summed E-state index contributed by atoms with van der Waals surface area (Å²) < 4.78 is 6.11. The van der Waals surface area contributed by atoms with Crippen LogP contribution in [0.2, 0.25) is 0 Å². The molecule has 524 valence electrons. The van der Waals surface area contributed by atoms with Crippen LogP contribution >= 0.6 is 21.6 Å². The summed E-state index contributed by atoms with van der Waals surface area (Å²) in [7, 11) is 2.30. The minimum atomic E-state index is -1.40. The Bertz CT molecular complexity index is 2790. The van der Waals surface area contributed by atoms with Crippen LogP contribution < -0.4 is 72.5 Å². The smallest absolute Gasteiger partial charge is 0.410 e. The summed E-state index contributed by atoms with van der Waals surface area (Å²) >= 11 is 0. The zero-order valence-electron chi connectivity index (χ0n) is 54.2. The van der Waals surface area contributed by atoms with Crippen LogP contribution in [0.25, 0.3) is 11.1 Å². The molecular formula is C63H102N16O13S2. The summed E-state index contributed by atoms with van der Waals surface area (Å²) in [5.41, 5.74) is 50.4. The van der Waals surface area contributed by atoms with Crippen LogP contribution in [0.5, 0.6) is 0 Å². The van der Waals surface area contributed by atoms with Gasteiger partial charge in [0.15, 0.2) is 11.7 Å². The Morgan fingerprint density at radius 1 is 0.606 bits per heavy atom. The standard InChI is InChI=1S/C63H102N16O13S2/c1-38(2)53(79(34-27-52(80)44(68)36-93-94-37-45(69)60(87)88)63(91)92-35-43-41-19-5-3-17-39(41)40-18-4-6-20-42(40)43)58(85)76-48(23-9-13-30-66)55(82)75-49(25-15-32-72-62(70)71)56(83)73-46(21-7-11-28-64)54(81)74-47(22-8-12-29-65)57(84)77-50(24-10-14-31-67)59(86)78-33-16-26-51(78)61(89)90/h3-6,17-20,38,43-51,53H,7-16,21-37,64-69H2,1-2H3,(H,73,83)(H,74,81)(H,75,82)(H,76,85)(H,77,84)(H,87,88)(H,89,90)(H4,70,71,72)/t44-,45-,46-,47-,48-,49-,50-,51-,53-/m0/s1. The van der Waals surface area contributed by atoms with E-state index in [1.807, 2.05) is 48.5 Å². The number of aliphatic imine (C=N–C) groups is 1. The zero-order valence-corrected chi connectivity index (χ0v) is 55.9. The van der Waals surface area contributed by atoms with Crippen molar-refractivity contribution in [1.82, 2.24) is 36.4 Å². The Morgan fingerprint density at radius 3 is 1.47 bits per heavy atom. The predicted molar refractivity (Wildman–Crippen MR) is 362 cm³/mol. The lowest BCUT2D eigenvalue weighted by Gasteiger charge is -2.34. The number of hydrogen-bond donors (Lipinski definition) is 15. The van der Waals surface area contributed by atoms with Crippen molar-refractivity contribution in [2.75, 3.05) is 63.9 Å². The molecule has 0 radical (unpaired) electrons. The summed E-state index contributed by atoms with van der Waals surface area (Å²) in [5.74, 6) is -8.44. The average molecular weight is 1360 g/mol. The van der Waals surface area contributed by atoms with Gasteiger partial charge in [-0.25, -0.2) is 9.59 Å². The molecule has 1 heterocycles. The van der Waals surface area contributed by atoms with Gasteiger partial charge in [-0.1, -0.05) is 84.0 Å². The first-order valence-electron chi connectivity index (χ1n) is 32.5. The van der Waals surface area contributed by atoms with Gasteiger partial charge in [0.2, 0.25) is 35.4 Å². The second-order valence-electron chi connectivity index (χ2n) is 23.9. The fraction of sp³-hybridized carbons (Fsp3) is 0.635. The molecule has 2 aromatic carbocycles. The normalized spacial score (nSPS) is 16.0. The molecule has 0 spiro atoms. The number of ether oxygens (including phenoxy) is 1. The molecule has 0 saturated carbocycles. The molecule has 0 bridgehead atoms. The monoisotopic (exact) mass is 1350 g/mol. The van der Waals surface area contributed by atoms with Crippen LogP contribution in [0.4, 0.5) is 4.79 Å². The van der Waals surface area contributed by atoms with Crippen LogP contribution in [0.3, 0.4) is 0 Å². The number of guanidine groups is 1. The molecule has 0 aromatic heterocycles. The summed E-state index contributed by atoms with van der Waals surface area (Å²) in [4.78, 5) is 146. The van der Waals surface area contributed by atoms with Gasteiger partial charge in [0.05, 0.1) is 6.04 Å². The number of carboxylic acids is 2. The van der Waals surface area contributed by atoms with Crippen molar-refractivity contribution in [3.63, 3.8) is 0 Å². The number of amides is 7. The predicted octanol–water partition coefficient (Wildman–Crippen LogP) is 0.411. The Balaban J connectivity index is 1.65. The highest BCUT2D eigenvalue weighted by Gasteiger charge is 2.41. The minimum absolute atomic E-state index is 0.00261. The molecule has 1 fully saturated rings. The van der Waals surface area contributed by atoms with E-state index in [0.29, 0.717) is 64.3 Å². The van der Waals surface area contributed by atoms with E-state index in [1.54, 1.807) is 13.8 Å². The van der Waals surface area contributed by atoms with Crippen LogP contribution in [-0.2, 0) is 47.9 Å². The van der Waals surface area contributed by atoms with Crippen molar-refractivity contribution >= 4 is 86.8 Å². The Hall–Kier alpha value is -7.13. The highest BCUT2D eigenvalue weighted by Crippen LogP contribution is 2.44. The number of unbranched alkanes of at least 4 members (excludes halogenated alkanes) is 4. The molecule has 94 heavy (non-hydrogen) atoms. The maximum atomic E-state index is 15.0. The number of aliphatic carboxylic acids is 2. The van der Waals surface area contributed by atoms with E-state index < -0.39 is 120 Å². The molecule has 1 aliphatic carbocycles. The Morgan fingerprint density at radius 2 is 1.03 bits per heavy atom. The number of nitrogens with zero attached hydrogens (tertiary/aromatic N) is 3. The molecule has 9 atom stereocenters. The number of Topliss-reactive ketones (excluding diaryl/α,β-unsaturated/α-hetero) is 1. The molecule has 1 aliphatic heterocycles. The van der Waals surface area contributed by atoms with Crippen molar-refractivity contribution in [1.29, 1.82) is 0 Å². The zero-order chi connectivity index (χ0) is 69.3. The van der Waals surface area contributed by atoms with E-state index in [9.17, 15) is 53.4 Å². The molecule has 1 saturated heterocycles. The van der Waals surface area contributed by atoms with Crippen LogP contribution in [0.1, 0.15) is 140 Å². The summed E-state index contributed by atoms with van der Waals surface area (Å²) in [6.45, 7) is 4.15. The van der Waals surface area contributed by atoms with E-state index in [0.717, 1.165) is 48.7 Å². The third kappa shape index (κ3) is 25.5. The lowest BCUT2D eigenvalue weighted by atomic mass is 9.98. The number of rotatable bonds is 46. The largest absolute Gasteiger partial charge is 0.480 e. The second-order valence-corrected chi connectivity index (χ2v) is 26.5. The van der Waals surface area contributed by atoms with Crippen molar-refractivity contribution in [3.8, 4) is 11.1 Å². The maximum Gasteiger partial charge on any atom is 0.410 e. The number of hydrogen-bond acceptors (Lipinski definition) is 20. The highest BCUT2D eigenvalue weighted by atomic mass is 33.1. The Kier molecular flexibility index (Phi) is 35.7. The first-order chi connectivity index (χ1) is 45.0. The molecule has 31 heteroatoms. The van der Waals surface area contributed by atoms with Crippen molar-refractivity contribution in [3.05, 3.63) is 59.7 Å². The number of ketones is 1. The molecule has 29 nitrogen and oxygen atoms in total. The SMILES string of the molecule is CC(C)[C@@H](C(=O)N[C@@H](CCCCN)C(=O)N[C@@H](CCCN=C(N)N)C(=O)N[C@@H](CCCCN)C(=O)N[C@@H](CCCCN)C(=O)N[C@@H](CCCCN)C(=O)N1CCC[C@H]1C(=O)O)N(CCC(=O)[C@@H](N)CSSC[C@H](N)C(=O)O)C(=O)OCC1c2ccccc2-c2ccccc21. The van der Waals surface area contributed by atoms with Crippen LogP contribution in [0.15, 0.2) is 53.5 Å². The fourth-order valence-corrected chi connectivity index (χ4v) is 13.6. The minimum Gasteiger partial charge on any atom is -0.480 e. The summed E-state index contributed by atoms with van der Waals surface area (Å²) in [6, 6.07) is 4.39. The second kappa shape index (κ2) is 42.3. The number of carboxylic acid groups (broad SMARTS) is 2. The molecule has 4 rings (SSSR count). The first kappa shape index (κ1) is 79.3. The highest BCUT2D eigenvalue weighted by molar-refractivity contribution is 8.76. The van der Waals surface area contributed by atoms with E-state index in [2.05, 4.69) is 31.6 Å². The van der Waals surface area contributed by atoms with Crippen LogP contribution in [-0.4, -0.2) is 204 Å². The van der Waals surface area contributed by atoms with Gasteiger partial charge in [-0.15, -0.1) is 0 Å². The number of nitrogens with one attached hydrogen (secondary N) is 5. The fourth-order valence-electron chi connectivity index (χ4n) is 11.3. The number of nitrogens with two attached hydrogens (primary N) is 8. The molecule has 0 unspecified atom stereocenters. The number of fused-ring (bicyclic) bond motifs is 3. The number of benzene rings is 2. The third-order valence-electron chi connectivity index (χ3n) is 16.4. The molecule has 2 aliphatic rings. The Labute approximate surface area is 558 Å². The van der Waals surface area contributed by atoms with Gasteiger partial charge >= 0.3 is 18.0 Å². The van der Waals surface area contributed by atoms with Crippen molar-refractivity contribution < 1.29 is 62.9 Å². The van der Waals surface area contributed by atoms with E-state index in [-0.39, 0.29) is 121 Å².